The molecule has 1 amide bonds. The molecule has 1 fully saturated rings. The van der Waals surface area contributed by atoms with E-state index in [1.54, 1.807) is 7.11 Å². The first-order chi connectivity index (χ1) is 14.5. The van der Waals surface area contributed by atoms with Gasteiger partial charge >= 0.3 is 0 Å². The molecule has 2 N–H and O–H groups in total. The first kappa shape index (κ1) is 20.7. The van der Waals surface area contributed by atoms with Crippen LogP contribution in [0.1, 0.15) is 57.5 Å². The molecule has 1 aliphatic rings. The lowest BCUT2D eigenvalue weighted by atomic mass is 9.82. The van der Waals surface area contributed by atoms with E-state index in [0.717, 1.165) is 54.9 Å². The molecule has 0 aliphatic heterocycles. The number of aryl methyl sites for hydroxylation is 2. The van der Waals surface area contributed by atoms with Gasteiger partial charge in [0.05, 0.1) is 23.4 Å². The highest BCUT2D eigenvalue weighted by atomic mass is 32.1. The number of rotatable bonds is 6. The lowest BCUT2D eigenvalue weighted by Crippen LogP contribution is -2.31. The quantitative estimate of drug-likeness (QED) is 0.553. The van der Waals surface area contributed by atoms with E-state index in [1.807, 2.05) is 54.8 Å². The van der Waals surface area contributed by atoms with Crippen molar-refractivity contribution in [2.45, 2.75) is 45.4 Å². The molecule has 2 heterocycles. The fraction of sp³-hybridized carbons (Fsp3) is 0.417. The second kappa shape index (κ2) is 9.04. The van der Waals surface area contributed by atoms with Crippen LogP contribution in [-0.2, 0) is 0 Å². The third-order valence-corrected chi connectivity index (χ3v) is 7.04. The first-order valence-electron chi connectivity index (χ1n) is 10.6. The van der Waals surface area contributed by atoms with Gasteiger partial charge in [-0.25, -0.2) is 4.98 Å². The van der Waals surface area contributed by atoms with Crippen molar-refractivity contribution < 1.29 is 9.53 Å². The number of thiazole rings is 1. The van der Waals surface area contributed by atoms with Crippen LogP contribution in [0, 0.1) is 19.8 Å². The van der Waals surface area contributed by atoms with Gasteiger partial charge in [0, 0.05) is 29.2 Å². The van der Waals surface area contributed by atoms with E-state index in [4.69, 9.17) is 4.74 Å². The summed E-state index contributed by atoms with van der Waals surface area (Å²) in [7, 11) is 1.65. The molecule has 0 saturated heterocycles. The molecule has 5 nitrogen and oxygen atoms in total. The van der Waals surface area contributed by atoms with Gasteiger partial charge in [0.1, 0.15) is 5.75 Å². The average molecular weight is 424 g/mol. The van der Waals surface area contributed by atoms with E-state index in [-0.39, 0.29) is 5.91 Å². The van der Waals surface area contributed by atoms with E-state index in [1.165, 1.54) is 9.88 Å². The molecule has 0 unspecified atom stereocenters. The van der Waals surface area contributed by atoms with Crippen molar-refractivity contribution in [3.05, 3.63) is 57.7 Å². The number of ether oxygens (including phenoxy) is 1. The van der Waals surface area contributed by atoms with Gasteiger partial charge in [-0.3, -0.25) is 4.79 Å². The molecular formula is C24H29N3O2S. The second-order valence-electron chi connectivity index (χ2n) is 8.21. The molecule has 1 aromatic carbocycles. The molecule has 0 spiro atoms. The summed E-state index contributed by atoms with van der Waals surface area (Å²) in [5, 5.41) is 4.46. The Morgan fingerprint density at radius 3 is 2.57 bits per heavy atom. The number of carbonyl (C=O) groups is 1. The third-order valence-electron chi connectivity index (χ3n) is 5.96. The van der Waals surface area contributed by atoms with Crippen LogP contribution in [0.4, 0.5) is 0 Å². The lowest BCUT2D eigenvalue weighted by molar-refractivity contribution is 0.0943. The summed E-state index contributed by atoms with van der Waals surface area (Å²) >= 11 is 1.82. The zero-order chi connectivity index (χ0) is 21.1. The van der Waals surface area contributed by atoms with E-state index < -0.39 is 0 Å². The number of aromatic amines is 1. The number of nitrogens with one attached hydrogen (secondary N) is 2. The predicted molar refractivity (Wildman–Crippen MR) is 121 cm³/mol. The van der Waals surface area contributed by atoms with Crippen molar-refractivity contribution in [2.24, 2.45) is 5.92 Å². The van der Waals surface area contributed by atoms with Crippen molar-refractivity contribution in [2.75, 3.05) is 13.7 Å². The number of hydrogen-bond acceptors (Lipinski definition) is 4. The van der Waals surface area contributed by atoms with Crippen molar-refractivity contribution in [1.29, 1.82) is 0 Å². The van der Waals surface area contributed by atoms with Crippen molar-refractivity contribution in [3.8, 4) is 17.0 Å². The second-order valence-corrected chi connectivity index (χ2v) is 9.47. The topological polar surface area (TPSA) is 67.0 Å². The van der Waals surface area contributed by atoms with Gasteiger partial charge in [-0.2, -0.15) is 0 Å². The van der Waals surface area contributed by atoms with Gasteiger partial charge in [-0.1, -0.05) is 0 Å². The maximum absolute atomic E-state index is 12.9. The molecule has 1 saturated carbocycles. The Bertz CT molecular complexity index is 998. The Kier molecular flexibility index (Phi) is 6.23. The normalized spacial score (nSPS) is 18.9. The number of aromatic nitrogens is 2. The Morgan fingerprint density at radius 1 is 1.20 bits per heavy atom. The molecule has 0 radical (unpaired) electrons. The van der Waals surface area contributed by atoms with Crippen LogP contribution in [0.3, 0.4) is 0 Å². The number of H-pyrrole nitrogens is 1. The minimum atomic E-state index is -0.0113. The summed E-state index contributed by atoms with van der Waals surface area (Å²) in [5.41, 5.74) is 3.51. The van der Waals surface area contributed by atoms with Crippen LogP contribution in [0.25, 0.3) is 11.3 Å². The van der Waals surface area contributed by atoms with Crippen LogP contribution >= 0.6 is 11.3 Å². The molecule has 2 aromatic heterocycles. The largest absolute Gasteiger partial charge is 0.497 e. The lowest BCUT2D eigenvalue weighted by Gasteiger charge is -2.27. The van der Waals surface area contributed by atoms with E-state index >= 15 is 0 Å². The van der Waals surface area contributed by atoms with Gasteiger partial charge in [0.15, 0.2) is 0 Å². The van der Waals surface area contributed by atoms with E-state index in [0.29, 0.717) is 17.4 Å². The smallest absolute Gasteiger partial charge is 0.253 e. The maximum atomic E-state index is 12.9. The zero-order valence-corrected chi connectivity index (χ0v) is 18.6. The number of amides is 1. The summed E-state index contributed by atoms with van der Waals surface area (Å²) in [6.07, 6.45) is 6.58. The summed E-state index contributed by atoms with van der Waals surface area (Å²) in [6.45, 7) is 4.82. The summed E-state index contributed by atoms with van der Waals surface area (Å²) in [4.78, 5) is 22.1. The van der Waals surface area contributed by atoms with Crippen molar-refractivity contribution in [3.63, 3.8) is 0 Å². The minimum absolute atomic E-state index is 0.0113. The van der Waals surface area contributed by atoms with Gasteiger partial charge in [-0.05, 0) is 81.3 Å². The number of carbonyl (C=O) groups excluding carboxylic acids is 1. The van der Waals surface area contributed by atoms with Crippen LogP contribution in [-0.4, -0.2) is 29.5 Å². The summed E-state index contributed by atoms with van der Waals surface area (Å²) in [5.74, 6) is 1.92. The molecule has 0 atom stereocenters. The Labute approximate surface area is 181 Å². The Balaban J connectivity index is 1.35. The summed E-state index contributed by atoms with van der Waals surface area (Å²) < 4.78 is 5.24. The van der Waals surface area contributed by atoms with Crippen molar-refractivity contribution in [1.82, 2.24) is 15.3 Å². The highest BCUT2D eigenvalue weighted by Gasteiger charge is 2.25. The van der Waals surface area contributed by atoms with Gasteiger partial charge in [-0.15, -0.1) is 11.3 Å². The van der Waals surface area contributed by atoms with Crippen molar-refractivity contribution >= 4 is 17.2 Å². The molecule has 158 valence electrons. The van der Waals surface area contributed by atoms with E-state index in [2.05, 4.69) is 22.2 Å². The number of benzene rings is 1. The van der Waals surface area contributed by atoms with Crippen LogP contribution in [0.2, 0.25) is 0 Å². The Morgan fingerprint density at radius 2 is 1.93 bits per heavy atom. The molecule has 1 aliphatic carbocycles. The fourth-order valence-electron chi connectivity index (χ4n) is 4.26. The Hall–Kier alpha value is -2.60. The molecule has 30 heavy (non-hydrogen) atoms. The number of methoxy groups -OCH3 is 1. The standard InChI is InChI=1S/C24H29N3O2S/c1-15-12-21(22(27-15)18-8-10-20(29-3)11-9-18)23(28)25-14-17-4-6-19(7-5-17)24-26-13-16(2)30-24/h8-13,17,19,27H,4-7,14H2,1-3H3,(H,25,28). The van der Waals surface area contributed by atoms with Gasteiger partial charge < -0.3 is 15.0 Å². The molecule has 3 aromatic rings. The molecule has 0 bridgehead atoms. The predicted octanol–water partition coefficient (Wildman–Crippen LogP) is 5.47. The van der Waals surface area contributed by atoms with Gasteiger partial charge in [0.25, 0.3) is 5.91 Å². The van der Waals surface area contributed by atoms with Crippen LogP contribution < -0.4 is 10.1 Å². The molecular weight excluding hydrogens is 394 g/mol. The van der Waals surface area contributed by atoms with Crippen LogP contribution in [0.5, 0.6) is 5.75 Å². The van der Waals surface area contributed by atoms with Gasteiger partial charge in [0.2, 0.25) is 0 Å². The zero-order valence-electron chi connectivity index (χ0n) is 17.8. The third kappa shape index (κ3) is 4.59. The first-order valence-corrected chi connectivity index (χ1v) is 11.4. The number of hydrogen-bond donors (Lipinski definition) is 2. The summed E-state index contributed by atoms with van der Waals surface area (Å²) in [6, 6.07) is 9.70. The average Bonchev–Trinajstić information content (AvgIpc) is 3.38. The highest BCUT2D eigenvalue weighted by Crippen LogP contribution is 2.37. The fourth-order valence-corrected chi connectivity index (χ4v) is 5.20. The SMILES string of the molecule is COc1ccc(-c2[nH]c(C)cc2C(=O)NCC2CCC(c3ncc(C)s3)CC2)cc1. The highest BCUT2D eigenvalue weighted by molar-refractivity contribution is 7.11. The van der Waals surface area contributed by atoms with E-state index in [9.17, 15) is 4.79 Å². The van der Waals surface area contributed by atoms with Crippen LogP contribution in [0.15, 0.2) is 36.5 Å². The maximum Gasteiger partial charge on any atom is 0.253 e. The molecule has 4 rings (SSSR count). The monoisotopic (exact) mass is 423 g/mol. The minimum Gasteiger partial charge on any atom is -0.497 e. The number of nitrogens with zero attached hydrogens (tertiary/aromatic N) is 1. The molecule has 6 heteroatoms.